The topological polar surface area (TPSA) is 97.0 Å². The summed E-state index contributed by atoms with van der Waals surface area (Å²) < 4.78 is 5.99. The van der Waals surface area contributed by atoms with E-state index in [9.17, 15) is 9.59 Å². The molecule has 0 unspecified atom stereocenters. The summed E-state index contributed by atoms with van der Waals surface area (Å²) in [5.74, 6) is 1.87. The molecular weight excluding hydrogens is 392 g/mol. The smallest absolute Gasteiger partial charge is 0.255 e. The molecule has 5 rings (SSSR count). The number of ether oxygens (including phenoxy) is 1. The molecule has 2 aromatic heterocycles. The first-order valence-electron chi connectivity index (χ1n) is 10.9. The average Bonchev–Trinajstić information content (AvgIpc) is 3.40. The standard InChI is InChI=1S/C24H26N4O3/c1-13(29)9-17-6-5-16-7-8-18(10-19(16)17)31-21-12-26-23-22(28-21)20(11-25-23)24(30)27-14(2)15-3-4-15/h7-8,10-12,14-15,17H,3-6,9H2,1-2H3,(H,25,26)(H,27,30)/t14-,17-/m0/s1. The normalized spacial score (nSPS) is 18.6. The Bertz CT molecular complexity index is 1160. The molecule has 2 atom stereocenters. The minimum absolute atomic E-state index is 0.151. The number of rotatable bonds is 7. The molecule has 2 heterocycles. The quantitative estimate of drug-likeness (QED) is 0.597. The molecule has 3 aromatic rings. The van der Waals surface area contributed by atoms with Gasteiger partial charge in [-0.25, -0.2) is 9.97 Å². The van der Waals surface area contributed by atoms with Gasteiger partial charge in [0.1, 0.15) is 17.0 Å². The number of H-pyrrole nitrogens is 1. The Labute approximate surface area is 180 Å². The highest BCUT2D eigenvalue weighted by molar-refractivity contribution is 6.04. The van der Waals surface area contributed by atoms with Crippen LogP contribution in [0.3, 0.4) is 0 Å². The van der Waals surface area contributed by atoms with Gasteiger partial charge in [-0.3, -0.25) is 4.79 Å². The van der Waals surface area contributed by atoms with Gasteiger partial charge in [0.05, 0.1) is 11.8 Å². The first-order chi connectivity index (χ1) is 15.0. The van der Waals surface area contributed by atoms with Crippen LogP contribution in [0.1, 0.15) is 66.9 Å². The molecule has 0 radical (unpaired) electrons. The summed E-state index contributed by atoms with van der Waals surface area (Å²) in [6.45, 7) is 3.68. The molecule has 2 aliphatic rings. The molecule has 7 heteroatoms. The van der Waals surface area contributed by atoms with E-state index in [4.69, 9.17) is 4.74 Å². The van der Waals surface area contributed by atoms with Crippen molar-refractivity contribution in [3.63, 3.8) is 0 Å². The summed E-state index contributed by atoms with van der Waals surface area (Å²) in [5, 5.41) is 3.06. The lowest BCUT2D eigenvalue weighted by atomic mass is 9.96. The second-order valence-corrected chi connectivity index (χ2v) is 8.81. The van der Waals surface area contributed by atoms with E-state index in [0.717, 1.165) is 12.8 Å². The van der Waals surface area contributed by atoms with E-state index in [-0.39, 0.29) is 23.7 Å². The number of amides is 1. The Hall–Kier alpha value is -3.22. The molecule has 0 aliphatic heterocycles. The van der Waals surface area contributed by atoms with Gasteiger partial charge in [-0.1, -0.05) is 6.07 Å². The third-order valence-electron chi connectivity index (χ3n) is 6.37. The lowest BCUT2D eigenvalue weighted by Gasteiger charge is -2.12. The number of benzene rings is 1. The molecule has 1 amide bonds. The predicted octanol–water partition coefficient (Wildman–Crippen LogP) is 4.29. The average molecular weight is 418 g/mol. The maximum atomic E-state index is 12.7. The Morgan fingerprint density at radius 2 is 2.13 bits per heavy atom. The molecule has 0 saturated heterocycles. The Morgan fingerprint density at radius 1 is 1.29 bits per heavy atom. The number of aromatic amines is 1. The van der Waals surface area contributed by atoms with Crippen LogP contribution in [0.5, 0.6) is 11.6 Å². The number of aryl methyl sites for hydroxylation is 1. The van der Waals surface area contributed by atoms with Crippen molar-refractivity contribution in [1.82, 2.24) is 20.3 Å². The van der Waals surface area contributed by atoms with Crippen LogP contribution in [-0.4, -0.2) is 32.7 Å². The van der Waals surface area contributed by atoms with E-state index < -0.39 is 0 Å². The van der Waals surface area contributed by atoms with Crippen molar-refractivity contribution >= 4 is 22.9 Å². The van der Waals surface area contributed by atoms with Crippen LogP contribution in [0, 0.1) is 5.92 Å². The molecule has 2 aliphatic carbocycles. The molecule has 0 bridgehead atoms. The summed E-state index contributed by atoms with van der Waals surface area (Å²) in [5.41, 5.74) is 3.96. The number of aromatic nitrogens is 3. The maximum absolute atomic E-state index is 12.7. The highest BCUT2D eigenvalue weighted by Crippen LogP contribution is 2.38. The fourth-order valence-electron chi connectivity index (χ4n) is 4.51. The Kier molecular flexibility index (Phi) is 4.96. The van der Waals surface area contributed by atoms with Gasteiger partial charge in [-0.2, -0.15) is 0 Å². The fraction of sp³-hybridized carbons (Fsp3) is 0.417. The molecule has 2 N–H and O–H groups in total. The third-order valence-corrected chi connectivity index (χ3v) is 6.37. The number of ketones is 1. The van der Waals surface area contributed by atoms with Crippen molar-refractivity contribution in [2.45, 2.75) is 57.9 Å². The zero-order valence-corrected chi connectivity index (χ0v) is 17.8. The largest absolute Gasteiger partial charge is 0.437 e. The van der Waals surface area contributed by atoms with Crippen LogP contribution >= 0.6 is 0 Å². The van der Waals surface area contributed by atoms with Crippen molar-refractivity contribution in [1.29, 1.82) is 0 Å². The number of carbonyl (C=O) groups excluding carboxylic acids is 2. The Morgan fingerprint density at radius 3 is 2.90 bits per heavy atom. The second-order valence-electron chi connectivity index (χ2n) is 8.81. The molecule has 31 heavy (non-hydrogen) atoms. The van der Waals surface area contributed by atoms with Crippen molar-refractivity contribution in [2.24, 2.45) is 5.92 Å². The van der Waals surface area contributed by atoms with Crippen molar-refractivity contribution < 1.29 is 14.3 Å². The van der Waals surface area contributed by atoms with Gasteiger partial charge in [0.2, 0.25) is 5.88 Å². The van der Waals surface area contributed by atoms with E-state index in [1.54, 1.807) is 19.3 Å². The molecule has 7 nitrogen and oxygen atoms in total. The second kappa shape index (κ2) is 7.80. The number of Topliss-reactive ketones (excluding diaryl/α,β-unsaturated/α-hetero) is 1. The van der Waals surface area contributed by atoms with Crippen LogP contribution in [0.25, 0.3) is 11.2 Å². The molecule has 1 aromatic carbocycles. The number of hydrogen-bond acceptors (Lipinski definition) is 5. The van der Waals surface area contributed by atoms with E-state index >= 15 is 0 Å². The number of nitrogens with zero attached hydrogens (tertiary/aromatic N) is 2. The SMILES string of the molecule is CC(=O)C[C@@H]1CCc2ccc(Oc3cnc4[nH]cc(C(=O)N[C@@H](C)C5CC5)c4n3)cc21. The van der Waals surface area contributed by atoms with Crippen molar-refractivity contribution in [3.05, 3.63) is 47.3 Å². The zero-order chi connectivity index (χ0) is 21.5. The Balaban J connectivity index is 1.37. The van der Waals surface area contributed by atoms with Crippen LogP contribution in [0.4, 0.5) is 0 Å². The van der Waals surface area contributed by atoms with Crippen LogP contribution in [-0.2, 0) is 11.2 Å². The third kappa shape index (κ3) is 4.04. The summed E-state index contributed by atoms with van der Waals surface area (Å²) in [6.07, 6.45) is 8.07. The van der Waals surface area contributed by atoms with Gasteiger partial charge < -0.3 is 19.8 Å². The lowest BCUT2D eigenvalue weighted by molar-refractivity contribution is -0.117. The fourth-order valence-corrected chi connectivity index (χ4v) is 4.51. The van der Waals surface area contributed by atoms with Gasteiger partial charge in [-0.05, 0) is 74.6 Å². The number of carbonyl (C=O) groups is 2. The van der Waals surface area contributed by atoms with Gasteiger partial charge in [0, 0.05) is 18.7 Å². The van der Waals surface area contributed by atoms with Gasteiger partial charge >= 0.3 is 0 Å². The summed E-state index contributed by atoms with van der Waals surface area (Å²) in [7, 11) is 0. The van der Waals surface area contributed by atoms with E-state index in [0.29, 0.717) is 40.7 Å². The van der Waals surface area contributed by atoms with E-state index in [1.165, 1.54) is 24.0 Å². The van der Waals surface area contributed by atoms with Crippen LogP contribution < -0.4 is 10.1 Å². The monoisotopic (exact) mass is 418 g/mol. The first kappa shape index (κ1) is 19.7. The number of hydrogen-bond donors (Lipinski definition) is 2. The first-order valence-corrected chi connectivity index (χ1v) is 10.9. The van der Waals surface area contributed by atoms with Crippen molar-refractivity contribution in [3.8, 4) is 11.6 Å². The summed E-state index contributed by atoms with van der Waals surface area (Å²) >= 11 is 0. The lowest BCUT2D eigenvalue weighted by Crippen LogP contribution is -2.33. The summed E-state index contributed by atoms with van der Waals surface area (Å²) in [6, 6.07) is 6.14. The van der Waals surface area contributed by atoms with E-state index in [1.807, 2.05) is 19.1 Å². The van der Waals surface area contributed by atoms with Gasteiger partial charge in [0.15, 0.2) is 5.65 Å². The number of nitrogens with one attached hydrogen (secondary N) is 2. The molecular formula is C24H26N4O3. The van der Waals surface area contributed by atoms with Crippen molar-refractivity contribution in [2.75, 3.05) is 0 Å². The molecule has 1 saturated carbocycles. The predicted molar refractivity (Wildman–Crippen MR) is 116 cm³/mol. The molecule has 0 spiro atoms. The highest BCUT2D eigenvalue weighted by atomic mass is 16.5. The van der Waals surface area contributed by atoms with Gasteiger partial charge in [-0.15, -0.1) is 0 Å². The highest BCUT2D eigenvalue weighted by Gasteiger charge is 2.30. The minimum atomic E-state index is -0.151. The zero-order valence-electron chi connectivity index (χ0n) is 17.8. The van der Waals surface area contributed by atoms with E-state index in [2.05, 4.69) is 26.3 Å². The van der Waals surface area contributed by atoms with Gasteiger partial charge in [0.25, 0.3) is 5.91 Å². The molecule has 160 valence electrons. The molecule has 1 fully saturated rings. The maximum Gasteiger partial charge on any atom is 0.255 e. The minimum Gasteiger partial charge on any atom is -0.437 e. The van der Waals surface area contributed by atoms with Crippen LogP contribution in [0.2, 0.25) is 0 Å². The van der Waals surface area contributed by atoms with Crippen LogP contribution in [0.15, 0.2) is 30.6 Å². The number of fused-ring (bicyclic) bond motifs is 2. The summed E-state index contributed by atoms with van der Waals surface area (Å²) in [4.78, 5) is 36.2.